The summed E-state index contributed by atoms with van der Waals surface area (Å²) < 4.78 is 53.8. The number of alkyl halides is 2. The van der Waals surface area contributed by atoms with E-state index in [1.807, 2.05) is 0 Å². The Balaban J connectivity index is 2.92. The van der Waals surface area contributed by atoms with Crippen LogP contribution in [0.2, 0.25) is 0 Å². The molecule has 0 radical (unpaired) electrons. The smallest absolute Gasteiger partial charge is 0.387 e. The van der Waals surface area contributed by atoms with Crippen LogP contribution >= 0.6 is 0 Å². The van der Waals surface area contributed by atoms with Crippen LogP contribution in [-0.2, 0) is 14.8 Å². The van der Waals surface area contributed by atoms with E-state index in [1.54, 1.807) is 0 Å². The fourth-order valence-electron chi connectivity index (χ4n) is 1.58. The van der Waals surface area contributed by atoms with Crippen molar-refractivity contribution in [2.24, 2.45) is 0 Å². The molecule has 6 nitrogen and oxygen atoms in total. The van der Waals surface area contributed by atoms with Crippen molar-refractivity contribution in [3.8, 4) is 5.75 Å². The maximum Gasteiger partial charge on any atom is 0.387 e. The molecular formula is C11H13F2NO5S. The minimum Gasteiger partial charge on any atom is -0.480 e. The second kappa shape index (κ2) is 6.62. The number of para-hydroxylation sites is 1. The van der Waals surface area contributed by atoms with Crippen LogP contribution < -0.4 is 9.46 Å². The number of hydrogen-bond donors (Lipinski definition) is 2. The van der Waals surface area contributed by atoms with Crippen molar-refractivity contribution in [3.05, 3.63) is 29.8 Å². The second-order valence-electron chi connectivity index (χ2n) is 3.91. The molecule has 20 heavy (non-hydrogen) atoms. The molecule has 0 aliphatic carbocycles. The third kappa shape index (κ3) is 5.10. The molecule has 0 heterocycles. The van der Waals surface area contributed by atoms with Gasteiger partial charge < -0.3 is 9.84 Å². The summed E-state index contributed by atoms with van der Waals surface area (Å²) in [6.45, 7) is -1.65. The van der Waals surface area contributed by atoms with Gasteiger partial charge in [-0.2, -0.15) is 8.78 Å². The number of halogens is 2. The maximum atomic E-state index is 12.2. The number of hydrogen-bond acceptors (Lipinski definition) is 4. The van der Waals surface area contributed by atoms with Crippen LogP contribution in [0.1, 0.15) is 18.5 Å². The number of sulfonamides is 1. The number of aliphatic carboxylic acids is 1. The molecule has 9 heteroatoms. The van der Waals surface area contributed by atoms with Gasteiger partial charge in [0.2, 0.25) is 10.0 Å². The lowest BCUT2D eigenvalue weighted by atomic mass is 10.1. The Labute approximate surface area is 114 Å². The first kappa shape index (κ1) is 16.3. The zero-order valence-electron chi connectivity index (χ0n) is 10.4. The molecule has 1 aromatic rings. The van der Waals surface area contributed by atoms with Crippen LogP contribution in [0.4, 0.5) is 8.78 Å². The van der Waals surface area contributed by atoms with Crippen molar-refractivity contribution in [1.82, 2.24) is 4.72 Å². The first-order valence-electron chi connectivity index (χ1n) is 5.47. The Kier molecular flexibility index (Phi) is 5.40. The molecule has 0 bridgehead atoms. The summed E-state index contributed by atoms with van der Waals surface area (Å²) in [6.07, 6.45) is 0. The number of carboxylic acid groups (broad SMARTS) is 1. The minimum atomic E-state index is -4.07. The van der Waals surface area contributed by atoms with Gasteiger partial charge in [-0.15, -0.1) is 0 Å². The molecule has 112 valence electrons. The highest BCUT2D eigenvalue weighted by Gasteiger charge is 2.22. The van der Waals surface area contributed by atoms with Crippen LogP contribution in [0.3, 0.4) is 0 Å². The van der Waals surface area contributed by atoms with Crippen molar-refractivity contribution >= 4 is 16.0 Å². The summed E-state index contributed by atoms with van der Waals surface area (Å²) in [4.78, 5) is 10.4. The number of carboxylic acids is 1. The van der Waals surface area contributed by atoms with E-state index in [-0.39, 0.29) is 11.3 Å². The van der Waals surface area contributed by atoms with Gasteiger partial charge in [-0.25, -0.2) is 13.1 Å². The summed E-state index contributed by atoms with van der Waals surface area (Å²) in [6, 6.07) is 4.75. The maximum absolute atomic E-state index is 12.2. The predicted molar refractivity (Wildman–Crippen MR) is 66.0 cm³/mol. The normalized spacial score (nSPS) is 13.2. The fourth-order valence-corrected chi connectivity index (χ4v) is 2.65. The summed E-state index contributed by atoms with van der Waals surface area (Å²) in [5.74, 6) is -2.79. The predicted octanol–water partition coefficient (Wildman–Crippen LogP) is 1.35. The zero-order chi connectivity index (χ0) is 15.3. The molecule has 1 rings (SSSR count). The largest absolute Gasteiger partial charge is 0.480 e. The molecule has 1 atom stereocenters. The molecule has 0 amide bonds. The van der Waals surface area contributed by atoms with E-state index in [9.17, 15) is 22.0 Å². The monoisotopic (exact) mass is 309 g/mol. The Morgan fingerprint density at radius 3 is 2.55 bits per heavy atom. The summed E-state index contributed by atoms with van der Waals surface area (Å²) in [5, 5.41) is 8.46. The molecule has 0 aliphatic heterocycles. The SMILES string of the molecule is CC(NS(=O)(=O)CC(=O)O)c1ccccc1OC(F)F. The standard InChI is InChI=1S/C11H13F2NO5S/c1-7(14-20(17,18)6-10(15)16)8-4-2-3-5-9(8)19-11(12)13/h2-5,7,11,14H,6H2,1H3,(H,15,16). The highest BCUT2D eigenvalue weighted by molar-refractivity contribution is 7.90. The van der Waals surface area contributed by atoms with E-state index in [1.165, 1.54) is 31.2 Å². The molecule has 0 saturated carbocycles. The number of rotatable bonds is 7. The molecule has 1 aromatic carbocycles. The topological polar surface area (TPSA) is 92.7 Å². The first-order valence-corrected chi connectivity index (χ1v) is 7.12. The van der Waals surface area contributed by atoms with E-state index >= 15 is 0 Å². The summed E-state index contributed by atoms with van der Waals surface area (Å²) in [7, 11) is -4.07. The van der Waals surface area contributed by atoms with Crippen LogP contribution in [-0.4, -0.2) is 31.9 Å². The second-order valence-corrected chi connectivity index (χ2v) is 5.66. The molecule has 0 saturated heterocycles. The zero-order valence-corrected chi connectivity index (χ0v) is 11.2. The van der Waals surface area contributed by atoms with Gasteiger partial charge in [0.1, 0.15) is 5.75 Å². The number of ether oxygens (including phenoxy) is 1. The average molecular weight is 309 g/mol. The number of benzene rings is 1. The third-order valence-corrected chi connectivity index (χ3v) is 3.61. The van der Waals surface area contributed by atoms with Gasteiger partial charge in [0.05, 0.1) is 0 Å². The molecule has 0 aromatic heterocycles. The Hall–Kier alpha value is -1.74. The van der Waals surface area contributed by atoms with Crippen molar-refractivity contribution in [2.75, 3.05) is 5.75 Å². The van der Waals surface area contributed by atoms with E-state index in [0.29, 0.717) is 0 Å². The molecule has 0 fully saturated rings. The fraction of sp³-hybridized carbons (Fsp3) is 0.364. The van der Waals surface area contributed by atoms with Gasteiger partial charge in [-0.3, -0.25) is 4.79 Å². The van der Waals surface area contributed by atoms with E-state index in [4.69, 9.17) is 5.11 Å². The van der Waals surface area contributed by atoms with Gasteiger partial charge in [-0.05, 0) is 13.0 Å². The third-order valence-electron chi connectivity index (χ3n) is 2.27. The van der Waals surface area contributed by atoms with Crippen molar-refractivity contribution in [3.63, 3.8) is 0 Å². The summed E-state index contributed by atoms with van der Waals surface area (Å²) in [5.41, 5.74) is 0.182. The quantitative estimate of drug-likeness (QED) is 0.793. The Morgan fingerprint density at radius 2 is 2.00 bits per heavy atom. The molecule has 1 unspecified atom stereocenters. The van der Waals surface area contributed by atoms with Gasteiger partial charge in [-0.1, -0.05) is 18.2 Å². The van der Waals surface area contributed by atoms with E-state index in [0.717, 1.165) is 0 Å². The lowest BCUT2D eigenvalue weighted by Crippen LogP contribution is -2.32. The van der Waals surface area contributed by atoms with Crippen molar-refractivity contribution < 1.29 is 31.8 Å². The molecule has 0 aliphatic rings. The molecule has 0 spiro atoms. The Bertz CT molecular complexity index is 576. The number of carbonyl (C=O) groups is 1. The molecule has 2 N–H and O–H groups in total. The molecular weight excluding hydrogens is 296 g/mol. The summed E-state index contributed by atoms with van der Waals surface area (Å²) >= 11 is 0. The van der Waals surface area contributed by atoms with Crippen LogP contribution in [0.25, 0.3) is 0 Å². The van der Waals surface area contributed by atoms with Gasteiger partial charge in [0.15, 0.2) is 5.75 Å². The van der Waals surface area contributed by atoms with Crippen molar-refractivity contribution in [2.45, 2.75) is 19.6 Å². The van der Waals surface area contributed by atoms with Crippen LogP contribution in [0.5, 0.6) is 5.75 Å². The average Bonchev–Trinajstić information content (AvgIpc) is 2.25. The van der Waals surface area contributed by atoms with Gasteiger partial charge >= 0.3 is 12.6 Å². The lowest BCUT2D eigenvalue weighted by Gasteiger charge is -2.17. The first-order chi connectivity index (χ1) is 9.21. The highest BCUT2D eigenvalue weighted by Crippen LogP contribution is 2.26. The van der Waals surface area contributed by atoms with Gasteiger partial charge in [0.25, 0.3) is 0 Å². The van der Waals surface area contributed by atoms with Gasteiger partial charge in [0, 0.05) is 11.6 Å². The van der Waals surface area contributed by atoms with Crippen LogP contribution in [0.15, 0.2) is 24.3 Å². The van der Waals surface area contributed by atoms with Crippen molar-refractivity contribution in [1.29, 1.82) is 0 Å². The van der Waals surface area contributed by atoms with Crippen LogP contribution in [0, 0.1) is 0 Å². The number of nitrogens with one attached hydrogen (secondary N) is 1. The highest BCUT2D eigenvalue weighted by atomic mass is 32.2. The Morgan fingerprint density at radius 1 is 1.40 bits per heavy atom. The minimum absolute atomic E-state index is 0.173. The van der Waals surface area contributed by atoms with E-state index in [2.05, 4.69) is 9.46 Å². The lowest BCUT2D eigenvalue weighted by molar-refractivity contribution is -0.134. The van der Waals surface area contributed by atoms with E-state index < -0.39 is 34.4 Å².